The van der Waals surface area contributed by atoms with Gasteiger partial charge in [-0.25, -0.2) is 4.79 Å². The van der Waals surface area contributed by atoms with Crippen LogP contribution in [0.1, 0.15) is 5.56 Å². The van der Waals surface area contributed by atoms with E-state index >= 15 is 0 Å². The molecule has 2 amide bonds. The lowest BCUT2D eigenvalue weighted by Gasteiger charge is -2.13. The van der Waals surface area contributed by atoms with Crippen molar-refractivity contribution in [2.75, 3.05) is 26.9 Å². The largest absolute Gasteiger partial charge is 0.492 e. The van der Waals surface area contributed by atoms with Gasteiger partial charge < -0.3 is 14.2 Å². The fourth-order valence-electron chi connectivity index (χ4n) is 2.55. The Morgan fingerprint density at radius 2 is 1.90 bits per heavy atom. The molecule has 162 valence electrons. The van der Waals surface area contributed by atoms with Gasteiger partial charge in [0, 0.05) is 5.02 Å². The number of nitrogens with zero attached hydrogens (tertiary/aromatic N) is 1. The van der Waals surface area contributed by atoms with Gasteiger partial charge >= 0.3 is 5.97 Å². The summed E-state index contributed by atoms with van der Waals surface area (Å²) in [5.41, 5.74) is 0.695. The van der Waals surface area contributed by atoms with Crippen molar-refractivity contribution in [3.8, 4) is 11.5 Å². The highest BCUT2D eigenvalue weighted by Gasteiger charge is 2.34. The number of hydrogen-bond donors (Lipinski definition) is 0. The van der Waals surface area contributed by atoms with Crippen molar-refractivity contribution >= 4 is 62.5 Å². The number of hydrogen-bond acceptors (Lipinski definition) is 7. The lowest BCUT2D eigenvalue weighted by atomic mass is 10.2. The van der Waals surface area contributed by atoms with Crippen molar-refractivity contribution in [1.29, 1.82) is 0 Å². The minimum absolute atomic E-state index is 0.134. The molecule has 0 atom stereocenters. The maximum absolute atomic E-state index is 12.6. The van der Waals surface area contributed by atoms with E-state index in [0.717, 1.165) is 16.7 Å². The monoisotopic (exact) mass is 525 g/mol. The standard InChI is InChI=1S/C21H17BrClNO6S/c1-28-19(25)12-30-17-7-2-13(10-16(17)22)11-18-20(26)24(21(27)31-18)8-9-29-15-5-3-14(23)4-6-15/h2-7,10-11H,8-9,12H2,1H3/b18-11-. The Bertz CT molecular complexity index is 1030. The quantitative estimate of drug-likeness (QED) is 0.362. The second kappa shape index (κ2) is 10.7. The molecule has 2 aromatic rings. The minimum Gasteiger partial charge on any atom is -0.492 e. The number of esters is 1. The Morgan fingerprint density at radius 3 is 2.58 bits per heavy atom. The summed E-state index contributed by atoms with van der Waals surface area (Å²) in [7, 11) is 1.28. The molecule has 3 rings (SSSR count). The highest BCUT2D eigenvalue weighted by Crippen LogP contribution is 2.33. The van der Waals surface area contributed by atoms with Crippen LogP contribution in [0.3, 0.4) is 0 Å². The third-order valence-corrected chi connectivity index (χ3v) is 5.88. The highest BCUT2D eigenvalue weighted by molar-refractivity contribution is 9.10. The van der Waals surface area contributed by atoms with Crippen LogP contribution in [-0.4, -0.2) is 48.9 Å². The average Bonchev–Trinajstić information content (AvgIpc) is 3.01. The van der Waals surface area contributed by atoms with Crippen molar-refractivity contribution in [2.45, 2.75) is 0 Å². The van der Waals surface area contributed by atoms with Crippen molar-refractivity contribution in [1.82, 2.24) is 4.90 Å². The van der Waals surface area contributed by atoms with E-state index in [0.29, 0.717) is 31.5 Å². The van der Waals surface area contributed by atoms with Gasteiger partial charge in [-0.2, -0.15) is 0 Å². The van der Waals surface area contributed by atoms with Gasteiger partial charge in [0.05, 0.1) is 23.0 Å². The number of carbonyl (C=O) groups is 3. The van der Waals surface area contributed by atoms with Gasteiger partial charge in [-0.15, -0.1) is 0 Å². The third-order valence-electron chi connectivity index (χ3n) is 4.10. The van der Waals surface area contributed by atoms with Crippen LogP contribution in [0.4, 0.5) is 4.79 Å². The number of benzene rings is 2. The molecule has 0 spiro atoms. The van der Waals surface area contributed by atoms with E-state index in [2.05, 4.69) is 20.7 Å². The first kappa shape index (κ1) is 23.2. The molecule has 0 saturated carbocycles. The lowest BCUT2D eigenvalue weighted by molar-refractivity contribution is -0.142. The first-order valence-corrected chi connectivity index (χ1v) is 11.0. The van der Waals surface area contributed by atoms with Crippen molar-refractivity contribution in [3.05, 3.63) is 62.4 Å². The molecular formula is C21H17BrClNO6S. The van der Waals surface area contributed by atoms with E-state index in [1.165, 1.54) is 7.11 Å². The Balaban J connectivity index is 1.60. The molecule has 0 aromatic heterocycles. The number of thioether (sulfide) groups is 1. The highest BCUT2D eigenvalue weighted by atomic mass is 79.9. The molecule has 1 fully saturated rings. The zero-order chi connectivity index (χ0) is 22.4. The Labute approximate surface area is 196 Å². The summed E-state index contributed by atoms with van der Waals surface area (Å²) in [6, 6.07) is 11.9. The summed E-state index contributed by atoms with van der Waals surface area (Å²) in [6.45, 7) is 0.0881. The van der Waals surface area contributed by atoms with Crippen LogP contribution < -0.4 is 9.47 Å². The molecule has 0 unspecified atom stereocenters. The molecule has 0 radical (unpaired) electrons. The molecule has 1 aliphatic heterocycles. The SMILES string of the molecule is COC(=O)COc1ccc(/C=C2\SC(=O)N(CCOc3ccc(Cl)cc3)C2=O)cc1Br. The molecule has 2 aromatic carbocycles. The van der Waals surface area contributed by atoms with Crippen LogP contribution in [-0.2, 0) is 14.3 Å². The summed E-state index contributed by atoms with van der Waals surface area (Å²) in [6.07, 6.45) is 1.62. The van der Waals surface area contributed by atoms with Gasteiger partial charge in [-0.05, 0) is 75.7 Å². The molecule has 1 saturated heterocycles. The van der Waals surface area contributed by atoms with Gasteiger partial charge in [-0.3, -0.25) is 14.5 Å². The number of rotatable bonds is 8. The van der Waals surface area contributed by atoms with E-state index in [9.17, 15) is 14.4 Å². The zero-order valence-corrected chi connectivity index (χ0v) is 19.5. The van der Waals surface area contributed by atoms with Gasteiger partial charge in [0.15, 0.2) is 6.61 Å². The van der Waals surface area contributed by atoms with E-state index in [4.69, 9.17) is 21.1 Å². The number of ether oxygens (including phenoxy) is 3. The predicted molar refractivity (Wildman–Crippen MR) is 121 cm³/mol. The molecule has 1 heterocycles. The molecule has 7 nitrogen and oxygen atoms in total. The van der Waals surface area contributed by atoms with Crippen LogP contribution in [0.5, 0.6) is 11.5 Å². The topological polar surface area (TPSA) is 82.1 Å². The maximum Gasteiger partial charge on any atom is 0.343 e. The van der Waals surface area contributed by atoms with Gasteiger partial charge in [0.2, 0.25) is 0 Å². The third kappa shape index (κ3) is 6.25. The lowest BCUT2D eigenvalue weighted by Crippen LogP contribution is -2.32. The number of carbonyl (C=O) groups excluding carboxylic acids is 3. The van der Waals surface area contributed by atoms with Gasteiger partial charge in [0.25, 0.3) is 11.1 Å². The molecular weight excluding hydrogens is 510 g/mol. The first-order valence-electron chi connectivity index (χ1n) is 9.00. The van der Waals surface area contributed by atoms with E-state index in [-0.39, 0.29) is 30.9 Å². The second-order valence-electron chi connectivity index (χ2n) is 6.19. The fraction of sp³-hybridized carbons (Fsp3) is 0.190. The predicted octanol–water partition coefficient (Wildman–Crippen LogP) is 4.77. The van der Waals surface area contributed by atoms with Crippen molar-refractivity contribution < 1.29 is 28.6 Å². The number of methoxy groups -OCH3 is 1. The van der Waals surface area contributed by atoms with Gasteiger partial charge in [0.1, 0.15) is 18.1 Å². The number of amides is 2. The molecule has 10 heteroatoms. The summed E-state index contributed by atoms with van der Waals surface area (Å²) >= 11 is 10.1. The zero-order valence-electron chi connectivity index (χ0n) is 16.3. The molecule has 1 aliphatic rings. The number of imide groups is 1. The van der Waals surface area contributed by atoms with Crippen LogP contribution in [0, 0.1) is 0 Å². The van der Waals surface area contributed by atoms with Crippen LogP contribution >= 0.6 is 39.3 Å². The summed E-state index contributed by atoms with van der Waals surface area (Å²) in [5.74, 6) is 0.183. The molecule has 0 N–H and O–H groups in total. The average molecular weight is 527 g/mol. The molecule has 31 heavy (non-hydrogen) atoms. The summed E-state index contributed by atoms with van der Waals surface area (Å²) in [5, 5.41) is 0.242. The van der Waals surface area contributed by atoms with E-state index in [1.807, 2.05) is 0 Å². The van der Waals surface area contributed by atoms with Crippen molar-refractivity contribution in [3.63, 3.8) is 0 Å². The minimum atomic E-state index is -0.496. The molecule has 0 bridgehead atoms. The first-order chi connectivity index (χ1) is 14.9. The Hall–Kier alpha value is -2.49. The second-order valence-corrected chi connectivity index (χ2v) is 8.47. The Morgan fingerprint density at radius 1 is 1.16 bits per heavy atom. The Kier molecular flexibility index (Phi) is 8.00. The normalized spacial score (nSPS) is 14.8. The summed E-state index contributed by atoms with van der Waals surface area (Å²) in [4.78, 5) is 37.5. The number of halogens is 2. The van der Waals surface area contributed by atoms with Crippen molar-refractivity contribution in [2.24, 2.45) is 0 Å². The van der Waals surface area contributed by atoms with E-state index < -0.39 is 5.97 Å². The summed E-state index contributed by atoms with van der Waals surface area (Å²) < 4.78 is 16.1. The smallest absolute Gasteiger partial charge is 0.343 e. The van der Waals surface area contributed by atoms with Crippen LogP contribution in [0.2, 0.25) is 5.02 Å². The maximum atomic E-state index is 12.6. The van der Waals surface area contributed by atoms with Gasteiger partial charge in [-0.1, -0.05) is 17.7 Å². The van der Waals surface area contributed by atoms with Crippen LogP contribution in [0.25, 0.3) is 6.08 Å². The molecule has 0 aliphatic carbocycles. The van der Waals surface area contributed by atoms with Crippen LogP contribution in [0.15, 0.2) is 51.8 Å². The van der Waals surface area contributed by atoms with E-state index in [1.54, 1.807) is 48.5 Å². The fourth-order valence-corrected chi connectivity index (χ4v) is 4.05.